The van der Waals surface area contributed by atoms with Crippen LogP contribution in [0.3, 0.4) is 0 Å². The van der Waals surface area contributed by atoms with Crippen LogP contribution in [-0.2, 0) is 23.8 Å². The maximum Gasteiger partial charge on any atom is 0.509 e. The number of methoxy groups -OCH3 is 1. The first-order valence-corrected chi connectivity index (χ1v) is 11.1. The van der Waals surface area contributed by atoms with E-state index in [4.69, 9.17) is 14.2 Å². The van der Waals surface area contributed by atoms with Crippen molar-refractivity contribution in [1.29, 1.82) is 0 Å². The summed E-state index contributed by atoms with van der Waals surface area (Å²) < 4.78 is 16.5. The molecule has 0 aromatic heterocycles. The Hall–Kier alpha value is -2.11. The zero-order chi connectivity index (χ0) is 21.1. The first kappa shape index (κ1) is 18.6. The van der Waals surface area contributed by atoms with Crippen molar-refractivity contribution in [1.82, 2.24) is 0 Å². The number of rotatable bonds is 1. The summed E-state index contributed by atoms with van der Waals surface area (Å²) in [6.45, 7) is 4.79. The minimum absolute atomic E-state index is 0.0558. The van der Waals surface area contributed by atoms with Gasteiger partial charge >= 0.3 is 12.1 Å². The lowest BCUT2D eigenvalue weighted by Gasteiger charge is -2.57. The number of ketones is 1. The van der Waals surface area contributed by atoms with Crippen molar-refractivity contribution in [2.24, 2.45) is 40.4 Å². The summed E-state index contributed by atoms with van der Waals surface area (Å²) in [5, 5.41) is 0. The van der Waals surface area contributed by atoms with E-state index in [9.17, 15) is 14.4 Å². The molecule has 30 heavy (non-hydrogen) atoms. The zero-order valence-corrected chi connectivity index (χ0v) is 17.7. The Morgan fingerprint density at radius 1 is 1.27 bits per heavy atom. The highest BCUT2D eigenvalue weighted by Crippen LogP contribution is 2.77. The van der Waals surface area contributed by atoms with E-state index in [1.165, 1.54) is 12.7 Å². The maximum atomic E-state index is 13.0. The fraction of sp³-hybridized carbons (Fsp3) is 0.708. The van der Waals surface area contributed by atoms with Crippen molar-refractivity contribution in [2.45, 2.75) is 51.6 Å². The van der Waals surface area contributed by atoms with Gasteiger partial charge in [0.2, 0.25) is 0 Å². The molecule has 8 atom stereocenters. The molecule has 1 spiro atoms. The molecule has 4 fully saturated rings. The van der Waals surface area contributed by atoms with Gasteiger partial charge in [-0.25, -0.2) is 4.79 Å². The van der Waals surface area contributed by atoms with Gasteiger partial charge in [-0.2, -0.15) is 0 Å². The summed E-state index contributed by atoms with van der Waals surface area (Å²) in [6.07, 6.45) is 7.28. The van der Waals surface area contributed by atoms with Crippen LogP contribution in [0.4, 0.5) is 4.79 Å². The largest absolute Gasteiger partial charge is 0.509 e. The highest BCUT2D eigenvalue weighted by Gasteiger charge is 2.80. The predicted octanol–water partition coefficient (Wildman–Crippen LogP) is 3.60. The first-order valence-electron chi connectivity index (χ1n) is 11.1. The highest BCUT2D eigenvalue weighted by molar-refractivity contribution is 5.92. The molecule has 0 aromatic rings. The Kier molecular flexibility index (Phi) is 3.46. The molecule has 6 rings (SSSR count). The van der Waals surface area contributed by atoms with E-state index in [-0.39, 0.29) is 40.3 Å². The maximum absolute atomic E-state index is 13.0. The molecule has 6 aliphatic rings. The van der Waals surface area contributed by atoms with Gasteiger partial charge in [0.05, 0.1) is 13.0 Å². The smallest absolute Gasteiger partial charge is 0.469 e. The molecule has 0 N–H and O–H groups in total. The van der Waals surface area contributed by atoms with Crippen LogP contribution in [0.15, 0.2) is 23.3 Å². The lowest BCUT2D eigenvalue weighted by atomic mass is 9.47. The Balaban J connectivity index is 1.51. The van der Waals surface area contributed by atoms with Crippen molar-refractivity contribution < 1.29 is 28.6 Å². The van der Waals surface area contributed by atoms with Crippen LogP contribution < -0.4 is 0 Å². The molecule has 6 nitrogen and oxygen atoms in total. The van der Waals surface area contributed by atoms with Crippen LogP contribution >= 0.6 is 0 Å². The van der Waals surface area contributed by atoms with Crippen molar-refractivity contribution in [3.8, 4) is 0 Å². The van der Waals surface area contributed by atoms with Gasteiger partial charge in [0.15, 0.2) is 11.4 Å². The Morgan fingerprint density at radius 2 is 2.07 bits per heavy atom. The number of allylic oxidation sites excluding steroid dienone is 4. The van der Waals surface area contributed by atoms with Crippen LogP contribution in [0.25, 0.3) is 0 Å². The molecule has 0 bridgehead atoms. The van der Waals surface area contributed by atoms with Crippen LogP contribution in [0.5, 0.6) is 0 Å². The van der Waals surface area contributed by atoms with E-state index in [0.29, 0.717) is 31.3 Å². The van der Waals surface area contributed by atoms with Gasteiger partial charge in [0, 0.05) is 23.2 Å². The third kappa shape index (κ3) is 1.98. The summed E-state index contributed by atoms with van der Waals surface area (Å²) in [6, 6.07) is 0. The van der Waals surface area contributed by atoms with Gasteiger partial charge in [-0.1, -0.05) is 31.1 Å². The number of hydrogen-bond acceptors (Lipinski definition) is 6. The fourth-order valence-corrected chi connectivity index (χ4v) is 8.17. The van der Waals surface area contributed by atoms with Gasteiger partial charge in [0.25, 0.3) is 0 Å². The third-order valence-corrected chi connectivity index (χ3v) is 9.69. The fourth-order valence-electron chi connectivity index (χ4n) is 8.17. The molecule has 1 heterocycles. The standard InChI is InChI=1S/C24H28O6/c1-22-6-4-13(25)8-12(22)9-15(20(26)28-3)18-16(22)5-7-23(2)19(18)14-10-17(14)24(23)11-29-21(27)30-24/h5,8,14-15,17-19H,4,6-7,9-11H2,1-3H3/t14-,15-,17+,18?,19?,22+,23+,24+/m1/s1. The number of fused-ring (bicyclic) bond motifs is 9. The average Bonchev–Trinajstić information content (AvgIpc) is 3.36. The van der Waals surface area contributed by atoms with Crippen LogP contribution in [0, 0.1) is 40.4 Å². The number of carbonyl (C=O) groups excluding carboxylic acids is 3. The van der Waals surface area contributed by atoms with E-state index in [2.05, 4.69) is 19.9 Å². The van der Waals surface area contributed by atoms with E-state index in [1.54, 1.807) is 6.08 Å². The normalized spacial score (nSPS) is 50.3. The molecule has 2 unspecified atom stereocenters. The second-order valence-corrected chi connectivity index (χ2v) is 10.7. The SMILES string of the molecule is COC(=O)[C@@H]1CC2=CC(=O)CC[C@]2(C)C2=CC[C@@]3(C)C(C21)[C@@H]1C[C@@H]1[C@@]31COC(=O)O1. The van der Waals surface area contributed by atoms with Crippen molar-refractivity contribution in [2.75, 3.05) is 13.7 Å². The van der Waals surface area contributed by atoms with E-state index in [1.807, 2.05) is 0 Å². The van der Waals surface area contributed by atoms with E-state index < -0.39 is 11.8 Å². The molecule has 1 saturated heterocycles. The summed E-state index contributed by atoms with van der Waals surface area (Å²) in [5.41, 5.74) is 1.37. The minimum Gasteiger partial charge on any atom is -0.469 e. The summed E-state index contributed by atoms with van der Waals surface area (Å²) in [5.74, 6) is 0.701. The topological polar surface area (TPSA) is 78.9 Å². The molecular formula is C24H28O6. The van der Waals surface area contributed by atoms with Crippen LogP contribution in [0.2, 0.25) is 0 Å². The third-order valence-electron chi connectivity index (χ3n) is 9.69. The Morgan fingerprint density at radius 3 is 2.77 bits per heavy atom. The lowest BCUT2D eigenvalue weighted by molar-refractivity contribution is -0.152. The minimum atomic E-state index is -0.582. The monoisotopic (exact) mass is 412 g/mol. The van der Waals surface area contributed by atoms with Gasteiger partial charge < -0.3 is 14.2 Å². The van der Waals surface area contributed by atoms with Gasteiger partial charge in [-0.3, -0.25) is 9.59 Å². The molecule has 3 saturated carbocycles. The van der Waals surface area contributed by atoms with Crippen molar-refractivity contribution in [3.05, 3.63) is 23.3 Å². The molecule has 0 aromatic carbocycles. The Labute approximate surface area is 176 Å². The lowest BCUT2D eigenvalue weighted by Crippen LogP contribution is -2.57. The number of hydrogen-bond donors (Lipinski definition) is 0. The van der Waals surface area contributed by atoms with Crippen molar-refractivity contribution in [3.63, 3.8) is 0 Å². The summed E-state index contributed by atoms with van der Waals surface area (Å²) in [7, 11) is 1.45. The Bertz CT molecular complexity index is 947. The van der Waals surface area contributed by atoms with Gasteiger partial charge in [0.1, 0.15) is 6.61 Å². The predicted molar refractivity (Wildman–Crippen MR) is 105 cm³/mol. The number of esters is 1. The number of carbonyl (C=O) groups is 3. The number of ether oxygens (including phenoxy) is 3. The first-order chi connectivity index (χ1) is 14.2. The van der Waals surface area contributed by atoms with Crippen LogP contribution in [-0.4, -0.2) is 37.2 Å². The molecule has 5 aliphatic carbocycles. The van der Waals surface area contributed by atoms with E-state index >= 15 is 0 Å². The molecule has 0 radical (unpaired) electrons. The average molecular weight is 412 g/mol. The molecule has 1 aliphatic heterocycles. The van der Waals surface area contributed by atoms with E-state index in [0.717, 1.165) is 24.8 Å². The quantitative estimate of drug-likeness (QED) is 0.484. The zero-order valence-electron chi connectivity index (χ0n) is 17.7. The molecule has 6 heteroatoms. The molecular weight excluding hydrogens is 384 g/mol. The van der Waals surface area contributed by atoms with Gasteiger partial charge in [-0.05, 0) is 49.5 Å². The van der Waals surface area contributed by atoms with Gasteiger partial charge in [-0.15, -0.1) is 0 Å². The van der Waals surface area contributed by atoms with Crippen molar-refractivity contribution >= 4 is 17.9 Å². The summed E-state index contributed by atoms with van der Waals surface area (Å²) in [4.78, 5) is 37.2. The summed E-state index contributed by atoms with van der Waals surface area (Å²) >= 11 is 0. The number of cyclic esters (lactones) is 1. The highest BCUT2D eigenvalue weighted by atomic mass is 16.8. The second-order valence-electron chi connectivity index (χ2n) is 10.7. The van der Waals surface area contributed by atoms with Crippen LogP contribution in [0.1, 0.15) is 46.0 Å². The molecule has 0 amide bonds. The molecule has 160 valence electrons. The second kappa shape index (κ2) is 5.57.